The molecule has 108 valence electrons. The van der Waals surface area contributed by atoms with Crippen LogP contribution in [0.4, 0.5) is 5.69 Å². The molecule has 0 aliphatic carbocycles. The number of hydrogen-bond donors (Lipinski definition) is 3. The van der Waals surface area contributed by atoms with Gasteiger partial charge in [-0.2, -0.15) is 0 Å². The van der Waals surface area contributed by atoms with Crippen LogP contribution in [0.3, 0.4) is 0 Å². The predicted octanol–water partition coefficient (Wildman–Crippen LogP) is 0.916. The molecule has 1 aromatic carbocycles. The Balaban J connectivity index is 2.24. The van der Waals surface area contributed by atoms with Crippen molar-refractivity contribution in [2.24, 2.45) is 0 Å². The van der Waals surface area contributed by atoms with E-state index in [2.05, 4.69) is 15.6 Å². The second-order valence-corrected chi connectivity index (χ2v) is 4.38. The zero-order valence-electron chi connectivity index (χ0n) is 11.5. The van der Waals surface area contributed by atoms with E-state index in [0.717, 1.165) is 0 Å². The second kappa shape index (κ2) is 6.51. The molecule has 6 heteroatoms. The Bertz CT molecular complexity index is 722. The average Bonchev–Trinajstić information content (AvgIpc) is 2.49. The highest BCUT2D eigenvalue weighted by atomic mass is 16.2. The van der Waals surface area contributed by atoms with E-state index in [1.54, 1.807) is 31.3 Å². The van der Waals surface area contributed by atoms with Gasteiger partial charge in [0.15, 0.2) is 5.43 Å². The van der Waals surface area contributed by atoms with Crippen LogP contribution in [0.25, 0.3) is 0 Å². The van der Waals surface area contributed by atoms with Crippen molar-refractivity contribution in [3.63, 3.8) is 0 Å². The highest BCUT2D eigenvalue weighted by Gasteiger charge is 2.13. The average molecular weight is 285 g/mol. The van der Waals surface area contributed by atoms with Gasteiger partial charge in [0, 0.05) is 31.2 Å². The number of carbonyl (C=O) groups excluding carboxylic acids is 2. The van der Waals surface area contributed by atoms with Gasteiger partial charge in [-0.25, -0.2) is 0 Å². The monoisotopic (exact) mass is 285 g/mol. The lowest BCUT2D eigenvalue weighted by Gasteiger charge is -2.10. The number of aromatic amines is 1. The Hall–Kier alpha value is -2.89. The van der Waals surface area contributed by atoms with Crippen molar-refractivity contribution in [2.45, 2.75) is 6.42 Å². The predicted molar refractivity (Wildman–Crippen MR) is 79.2 cm³/mol. The van der Waals surface area contributed by atoms with Gasteiger partial charge >= 0.3 is 0 Å². The third kappa shape index (κ3) is 3.56. The summed E-state index contributed by atoms with van der Waals surface area (Å²) in [7, 11) is 1.55. The van der Waals surface area contributed by atoms with Crippen LogP contribution in [0.5, 0.6) is 0 Å². The molecule has 2 aromatic rings. The molecule has 21 heavy (non-hydrogen) atoms. The van der Waals surface area contributed by atoms with E-state index in [-0.39, 0.29) is 23.3 Å². The Morgan fingerprint density at radius 1 is 1.19 bits per heavy atom. The van der Waals surface area contributed by atoms with Crippen LogP contribution < -0.4 is 16.1 Å². The molecule has 6 nitrogen and oxygen atoms in total. The number of hydrogen-bond acceptors (Lipinski definition) is 3. The van der Waals surface area contributed by atoms with Crippen LogP contribution in [-0.2, 0) is 11.2 Å². The van der Waals surface area contributed by atoms with E-state index in [4.69, 9.17) is 0 Å². The molecule has 0 bridgehead atoms. The van der Waals surface area contributed by atoms with Crippen LogP contribution in [-0.4, -0.2) is 23.8 Å². The molecule has 3 N–H and O–H groups in total. The first-order valence-corrected chi connectivity index (χ1v) is 6.38. The number of amides is 2. The summed E-state index contributed by atoms with van der Waals surface area (Å²) in [6.45, 7) is 0. The van der Waals surface area contributed by atoms with Crippen molar-refractivity contribution in [1.82, 2.24) is 10.3 Å². The smallest absolute Gasteiger partial charge is 0.261 e. The summed E-state index contributed by atoms with van der Waals surface area (Å²) in [5, 5.41) is 5.19. The summed E-state index contributed by atoms with van der Waals surface area (Å²) in [5.74, 6) is -0.671. The lowest BCUT2D eigenvalue weighted by molar-refractivity contribution is -0.119. The molecule has 0 unspecified atom stereocenters. The molecule has 1 heterocycles. The van der Waals surface area contributed by atoms with E-state index in [9.17, 15) is 14.4 Å². The minimum atomic E-state index is -0.513. The van der Waals surface area contributed by atoms with Crippen LogP contribution in [0.15, 0.2) is 47.5 Å². The van der Waals surface area contributed by atoms with E-state index in [1.807, 2.05) is 0 Å². The first kappa shape index (κ1) is 14.5. The first-order chi connectivity index (χ1) is 10.1. The maximum atomic E-state index is 12.1. The van der Waals surface area contributed by atoms with Gasteiger partial charge in [0.05, 0.1) is 6.42 Å². The van der Waals surface area contributed by atoms with Crippen molar-refractivity contribution in [2.75, 3.05) is 12.4 Å². The van der Waals surface area contributed by atoms with E-state index < -0.39 is 5.91 Å². The van der Waals surface area contributed by atoms with Gasteiger partial charge < -0.3 is 15.6 Å². The summed E-state index contributed by atoms with van der Waals surface area (Å²) in [4.78, 5) is 37.9. The summed E-state index contributed by atoms with van der Waals surface area (Å²) in [6.07, 6.45) is 2.95. The summed E-state index contributed by atoms with van der Waals surface area (Å²) in [6, 6.07) is 8.25. The topological polar surface area (TPSA) is 91.1 Å². The van der Waals surface area contributed by atoms with Crippen molar-refractivity contribution in [3.8, 4) is 0 Å². The summed E-state index contributed by atoms with van der Waals surface area (Å²) < 4.78 is 0. The highest BCUT2D eigenvalue weighted by molar-refractivity contribution is 6.04. The molecule has 0 aliphatic heterocycles. The minimum absolute atomic E-state index is 0.0206. The van der Waals surface area contributed by atoms with Gasteiger partial charge in [-0.3, -0.25) is 14.4 Å². The third-order valence-electron chi connectivity index (χ3n) is 2.96. The molecular weight excluding hydrogens is 270 g/mol. The lowest BCUT2D eigenvalue weighted by atomic mass is 10.1. The molecule has 0 spiro atoms. The number of carbonyl (C=O) groups is 2. The van der Waals surface area contributed by atoms with Crippen LogP contribution in [0, 0.1) is 0 Å². The van der Waals surface area contributed by atoms with Gasteiger partial charge in [0.2, 0.25) is 5.91 Å². The fourth-order valence-corrected chi connectivity index (χ4v) is 1.84. The SMILES string of the molecule is CNC(=O)Cc1ccccc1NC(=O)c1c[nH]ccc1=O. The van der Waals surface area contributed by atoms with Crippen LogP contribution in [0.1, 0.15) is 15.9 Å². The number of para-hydroxylation sites is 1. The maximum Gasteiger partial charge on any atom is 0.261 e. The largest absolute Gasteiger partial charge is 0.367 e. The molecule has 0 fully saturated rings. The molecule has 1 aromatic heterocycles. The van der Waals surface area contributed by atoms with Crippen LogP contribution >= 0.6 is 0 Å². The van der Waals surface area contributed by atoms with Gasteiger partial charge in [-0.1, -0.05) is 18.2 Å². The van der Waals surface area contributed by atoms with Crippen molar-refractivity contribution in [3.05, 3.63) is 64.1 Å². The Morgan fingerprint density at radius 2 is 1.95 bits per heavy atom. The second-order valence-electron chi connectivity index (χ2n) is 4.38. The summed E-state index contributed by atoms with van der Waals surface area (Å²) >= 11 is 0. The molecule has 2 rings (SSSR count). The number of likely N-dealkylation sites (N-methyl/N-ethyl adjacent to an activating group) is 1. The maximum absolute atomic E-state index is 12.1. The fraction of sp³-hybridized carbons (Fsp3) is 0.133. The number of aromatic nitrogens is 1. The van der Waals surface area contributed by atoms with Gasteiger partial charge in [-0.15, -0.1) is 0 Å². The zero-order chi connectivity index (χ0) is 15.2. The molecule has 0 atom stereocenters. The normalized spacial score (nSPS) is 9.95. The Labute approximate surface area is 121 Å². The van der Waals surface area contributed by atoms with E-state index >= 15 is 0 Å². The number of rotatable bonds is 4. The molecule has 0 saturated heterocycles. The standard InChI is InChI=1S/C15H15N3O3/c1-16-14(20)8-10-4-2-3-5-12(10)18-15(21)11-9-17-7-6-13(11)19/h2-7,9H,8H2,1H3,(H,16,20)(H,17,19)(H,18,21). The van der Waals surface area contributed by atoms with Gasteiger partial charge in [0.1, 0.15) is 5.56 Å². The Morgan fingerprint density at radius 3 is 2.67 bits per heavy atom. The highest BCUT2D eigenvalue weighted by Crippen LogP contribution is 2.16. The first-order valence-electron chi connectivity index (χ1n) is 6.38. The lowest BCUT2D eigenvalue weighted by Crippen LogP contribution is -2.23. The van der Waals surface area contributed by atoms with E-state index in [1.165, 1.54) is 18.5 Å². The van der Waals surface area contributed by atoms with Gasteiger partial charge in [-0.05, 0) is 11.6 Å². The number of nitrogens with one attached hydrogen (secondary N) is 3. The molecule has 2 amide bonds. The molecule has 0 radical (unpaired) electrons. The Kier molecular flexibility index (Phi) is 4.50. The zero-order valence-corrected chi connectivity index (χ0v) is 11.5. The quantitative estimate of drug-likeness (QED) is 0.780. The molecule has 0 aliphatic rings. The van der Waals surface area contributed by atoms with Crippen LogP contribution in [0.2, 0.25) is 0 Å². The fourth-order valence-electron chi connectivity index (χ4n) is 1.84. The van der Waals surface area contributed by atoms with E-state index in [0.29, 0.717) is 11.3 Å². The van der Waals surface area contributed by atoms with Gasteiger partial charge in [0.25, 0.3) is 5.91 Å². The summed E-state index contributed by atoms with van der Waals surface area (Å²) in [5.41, 5.74) is 0.842. The minimum Gasteiger partial charge on any atom is -0.367 e. The third-order valence-corrected chi connectivity index (χ3v) is 2.96. The number of anilines is 1. The molecule has 0 saturated carbocycles. The number of pyridine rings is 1. The van der Waals surface area contributed by atoms with Crippen molar-refractivity contribution >= 4 is 17.5 Å². The number of benzene rings is 1. The number of H-pyrrole nitrogens is 1. The van der Waals surface area contributed by atoms with Crippen molar-refractivity contribution < 1.29 is 9.59 Å². The molecular formula is C15H15N3O3. The van der Waals surface area contributed by atoms with Crippen molar-refractivity contribution in [1.29, 1.82) is 0 Å².